The van der Waals surface area contributed by atoms with Gasteiger partial charge < -0.3 is 5.32 Å². The van der Waals surface area contributed by atoms with Crippen LogP contribution in [0.2, 0.25) is 0 Å². The Labute approximate surface area is 119 Å². The standard InChI is InChI=1S/C18H19NO/c1-11-5-7-14(12(2)9-11)13-6-8-16-15(10-13)18(3,4)17(20)19-16/h5-10H,1-4H3,(H,19,20). The Bertz CT molecular complexity index is 713. The first-order valence-corrected chi connectivity index (χ1v) is 6.93. The average Bonchev–Trinajstić information content (AvgIpc) is 2.60. The summed E-state index contributed by atoms with van der Waals surface area (Å²) in [5.74, 6) is 0.0743. The van der Waals surface area contributed by atoms with Gasteiger partial charge in [-0.15, -0.1) is 0 Å². The molecule has 0 aliphatic carbocycles. The SMILES string of the molecule is Cc1ccc(-c2ccc3c(c2)C(C)(C)C(=O)N3)c(C)c1. The van der Waals surface area contributed by atoms with Gasteiger partial charge in [-0.2, -0.15) is 0 Å². The zero-order valence-electron chi connectivity index (χ0n) is 12.4. The molecule has 0 aromatic heterocycles. The third kappa shape index (κ3) is 1.83. The maximum Gasteiger partial charge on any atom is 0.234 e. The van der Waals surface area contributed by atoms with Gasteiger partial charge >= 0.3 is 0 Å². The van der Waals surface area contributed by atoms with E-state index < -0.39 is 5.41 Å². The van der Waals surface area contributed by atoms with Crippen LogP contribution < -0.4 is 5.32 Å². The largest absolute Gasteiger partial charge is 0.325 e. The second kappa shape index (κ2) is 4.20. The molecule has 0 unspecified atom stereocenters. The third-order valence-corrected chi connectivity index (χ3v) is 4.20. The van der Waals surface area contributed by atoms with Gasteiger partial charge in [0.1, 0.15) is 0 Å². The van der Waals surface area contributed by atoms with Crippen molar-refractivity contribution in [2.45, 2.75) is 33.1 Å². The molecule has 0 spiro atoms. The molecule has 2 nitrogen and oxygen atoms in total. The number of carbonyl (C=O) groups is 1. The van der Waals surface area contributed by atoms with Crippen LogP contribution in [0.3, 0.4) is 0 Å². The van der Waals surface area contributed by atoms with Gasteiger partial charge in [0.25, 0.3) is 0 Å². The zero-order chi connectivity index (χ0) is 14.5. The lowest BCUT2D eigenvalue weighted by molar-refractivity contribution is -0.119. The summed E-state index contributed by atoms with van der Waals surface area (Å²) in [5.41, 5.74) is 6.50. The Morgan fingerprint density at radius 3 is 2.45 bits per heavy atom. The fourth-order valence-electron chi connectivity index (χ4n) is 2.88. The fourth-order valence-corrected chi connectivity index (χ4v) is 2.88. The van der Waals surface area contributed by atoms with E-state index in [1.54, 1.807) is 0 Å². The molecule has 1 aliphatic rings. The summed E-state index contributed by atoms with van der Waals surface area (Å²) in [7, 11) is 0. The van der Waals surface area contributed by atoms with Crippen molar-refractivity contribution in [3.63, 3.8) is 0 Å². The number of carbonyl (C=O) groups excluding carboxylic acids is 1. The Kier molecular flexibility index (Phi) is 2.72. The molecular weight excluding hydrogens is 246 g/mol. The zero-order valence-corrected chi connectivity index (χ0v) is 12.4. The lowest BCUT2D eigenvalue weighted by atomic mass is 9.84. The van der Waals surface area contributed by atoms with Gasteiger partial charge in [0, 0.05) is 5.69 Å². The third-order valence-electron chi connectivity index (χ3n) is 4.20. The number of anilines is 1. The summed E-state index contributed by atoms with van der Waals surface area (Å²) in [5, 5.41) is 2.95. The van der Waals surface area contributed by atoms with Crippen molar-refractivity contribution < 1.29 is 4.79 Å². The van der Waals surface area contributed by atoms with Gasteiger partial charge in [0.15, 0.2) is 0 Å². The van der Waals surface area contributed by atoms with Crippen LogP contribution >= 0.6 is 0 Å². The van der Waals surface area contributed by atoms with Crippen molar-refractivity contribution in [2.24, 2.45) is 0 Å². The van der Waals surface area contributed by atoms with Crippen molar-refractivity contribution >= 4 is 11.6 Å². The van der Waals surface area contributed by atoms with Crippen molar-refractivity contribution in [3.8, 4) is 11.1 Å². The minimum Gasteiger partial charge on any atom is -0.325 e. The smallest absolute Gasteiger partial charge is 0.234 e. The quantitative estimate of drug-likeness (QED) is 0.822. The molecule has 2 aromatic carbocycles. The molecule has 1 amide bonds. The summed E-state index contributed by atoms with van der Waals surface area (Å²) >= 11 is 0. The first-order chi connectivity index (χ1) is 9.39. The molecule has 3 rings (SSSR count). The Hall–Kier alpha value is -2.09. The molecule has 20 heavy (non-hydrogen) atoms. The van der Waals surface area contributed by atoms with Crippen LogP contribution in [0, 0.1) is 13.8 Å². The van der Waals surface area contributed by atoms with Gasteiger partial charge in [-0.05, 0) is 62.1 Å². The summed E-state index contributed by atoms with van der Waals surface area (Å²) < 4.78 is 0. The molecule has 0 atom stereocenters. The van der Waals surface area contributed by atoms with Gasteiger partial charge in [-0.3, -0.25) is 4.79 Å². The highest BCUT2D eigenvalue weighted by Gasteiger charge is 2.38. The topological polar surface area (TPSA) is 29.1 Å². The second-order valence-corrected chi connectivity index (χ2v) is 6.16. The molecule has 0 radical (unpaired) electrons. The van der Waals surface area contributed by atoms with Crippen LogP contribution in [0.25, 0.3) is 11.1 Å². The summed E-state index contributed by atoms with van der Waals surface area (Å²) in [6.07, 6.45) is 0. The number of benzene rings is 2. The lowest BCUT2D eigenvalue weighted by Gasteiger charge is -2.16. The molecular formula is C18H19NO. The predicted molar refractivity (Wildman–Crippen MR) is 83.0 cm³/mol. The van der Waals surface area contributed by atoms with Crippen LogP contribution in [0.5, 0.6) is 0 Å². The first kappa shape index (κ1) is 12.9. The van der Waals surface area contributed by atoms with Crippen LogP contribution in [-0.4, -0.2) is 5.91 Å². The maximum absolute atomic E-state index is 12.0. The van der Waals surface area contributed by atoms with Crippen molar-refractivity contribution in [1.82, 2.24) is 0 Å². The van der Waals surface area contributed by atoms with E-state index in [0.717, 1.165) is 11.3 Å². The molecule has 2 aromatic rings. The second-order valence-electron chi connectivity index (χ2n) is 6.16. The molecule has 1 N–H and O–H groups in total. The molecule has 1 aliphatic heterocycles. The summed E-state index contributed by atoms with van der Waals surface area (Å²) in [6.45, 7) is 8.18. The highest BCUT2D eigenvalue weighted by molar-refractivity contribution is 6.06. The number of hydrogen-bond acceptors (Lipinski definition) is 1. The van der Waals surface area contributed by atoms with E-state index in [9.17, 15) is 4.79 Å². The van der Waals surface area contributed by atoms with E-state index in [1.807, 2.05) is 19.9 Å². The molecule has 0 saturated heterocycles. The van der Waals surface area contributed by atoms with Gasteiger partial charge in [-0.1, -0.05) is 29.8 Å². The normalized spacial score (nSPS) is 15.9. The van der Waals surface area contributed by atoms with Crippen molar-refractivity contribution in [2.75, 3.05) is 5.32 Å². The Balaban J connectivity index is 2.15. The highest BCUT2D eigenvalue weighted by atomic mass is 16.2. The molecule has 102 valence electrons. The fraction of sp³-hybridized carbons (Fsp3) is 0.278. The molecule has 0 bridgehead atoms. The summed E-state index contributed by atoms with van der Waals surface area (Å²) in [6, 6.07) is 12.7. The minimum atomic E-state index is -0.454. The average molecular weight is 265 g/mol. The maximum atomic E-state index is 12.0. The molecule has 1 heterocycles. The number of hydrogen-bond donors (Lipinski definition) is 1. The van der Waals surface area contributed by atoms with E-state index in [4.69, 9.17) is 0 Å². The van der Waals surface area contributed by atoms with E-state index in [0.29, 0.717) is 0 Å². The minimum absolute atomic E-state index is 0.0743. The van der Waals surface area contributed by atoms with Gasteiger partial charge in [0.2, 0.25) is 5.91 Å². The van der Waals surface area contributed by atoms with E-state index in [1.165, 1.54) is 22.3 Å². The first-order valence-electron chi connectivity index (χ1n) is 6.93. The molecule has 0 fully saturated rings. The van der Waals surface area contributed by atoms with Crippen LogP contribution in [-0.2, 0) is 10.2 Å². The molecule has 2 heteroatoms. The van der Waals surface area contributed by atoms with Crippen LogP contribution in [0.15, 0.2) is 36.4 Å². The molecule has 0 saturated carbocycles. The monoisotopic (exact) mass is 265 g/mol. The predicted octanol–water partition coefficient (Wildman–Crippen LogP) is 4.20. The Morgan fingerprint density at radius 1 is 1.00 bits per heavy atom. The number of rotatable bonds is 1. The van der Waals surface area contributed by atoms with Crippen molar-refractivity contribution in [3.05, 3.63) is 53.1 Å². The number of amides is 1. The van der Waals surface area contributed by atoms with Gasteiger partial charge in [0.05, 0.1) is 5.41 Å². The highest BCUT2D eigenvalue weighted by Crippen LogP contribution is 2.40. The van der Waals surface area contributed by atoms with E-state index in [2.05, 4.69) is 49.5 Å². The van der Waals surface area contributed by atoms with Crippen LogP contribution in [0.1, 0.15) is 30.5 Å². The summed E-state index contributed by atoms with van der Waals surface area (Å²) in [4.78, 5) is 12.0. The number of aryl methyl sites for hydroxylation is 2. The Morgan fingerprint density at radius 2 is 1.75 bits per heavy atom. The van der Waals surface area contributed by atoms with Crippen molar-refractivity contribution in [1.29, 1.82) is 0 Å². The number of nitrogens with one attached hydrogen (secondary N) is 1. The number of fused-ring (bicyclic) bond motifs is 1. The lowest BCUT2D eigenvalue weighted by Crippen LogP contribution is -2.26. The van der Waals surface area contributed by atoms with Gasteiger partial charge in [-0.25, -0.2) is 0 Å². The van der Waals surface area contributed by atoms with Crippen LogP contribution in [0.4, 0.5) is 5.69 Å². The van der Waals surface area contributed by atoms with E-state index in [-0.39, 0.29) is 5.91 Å². The van der Waals surface area contributed by atoms with E-state index >= 15 is 0 Å².